The Morgan fingerprint density at radius 2 is 2.03 bits per heavy atom. The second-order valence-corrected chi connectivity index (χ2v) is 8.86. The van der Waals surface area contributed by atoms with Gasteiger partial charge in [0.15, 0.2) is 6.23 Å². The van der Waals surface area contributed by atoms with Gasteiger partial charge in [0.05, 0.1) is 22.6 Å². The first-order valence-corrected chi connectivity index (χ1v) is 11.6. The molecule has 1 atom stereocenters. The van der Waals surface area contributed by atoms with Crippen LogP contribution in [0.25, 0.3) is 32.9 Å². The third-order valence-electron chi connectivity index (χ3n) is 6.47. The Hall–Kier alpha value is -3.73. The Balaban J connectivity index is 1.79. The third-order valence-corrected chi connectivity index (χ3v) is 6.47. The molecule has 1 unspecified atom stereocenters. The number of nitrogens with zero attached hydrogens (tertiary/aromatic N) is 5. The summed E-state index contributed by atoms with van der Waals surface area (Å²) in [6, 6.07) is 8.38. The van der Waals surface area contributed by atoms with Crippen LogP contribution in [0.4, 0.5) is 19.0 Å². The summed E-state index contributed by atoms with van der Waals surface area (Å²) < 4.78 is 48.9. The van der Waals surface area contributed by atoms with Gasteiger partial charge < -0.3 is 4.74 Å². The van der Waals surface area contributed by atoms with Gasteiger partial charge in [-0.2, -0.15) is 18.3 Å². The van der Waals surface area contributed by atoms with Crippen molar-refractivity contribution in [3.05, 3.63) is 53.1 Å². The number of carbonyl (C=O) groups is 1. The predicted octanol–water partition coefficient (Wildman–Crippen LogP) is 4.66. The summed E-state index contributed by atoms with van der Waals surface area (Å²) in [5.41, 5.74) is 0.848. The highest BCUT2D eigenvalue weighted by Crippen LogP contribution is 2.35. The van der Waals surface area contributed by atoms with E-state index >= 15 is 0 Å². The van der Waals surface area contributed by atoms with Crippen molar-refractivity contribution in [1.82, 2.24) is 19.3 Å². The maximum Gasteiger partial charge on any atom is 0.406 e. The van der Waals surface area contributed by atoms with Crippen LogP contribution in [-0.4, -0.2) is 45.1 Å². The Labute approximate surface area is 203 Å². The molecule has 0 aliphatic carbocycles. The lowest BCUT2D eigenvalue weighted by atomic mass is 10.0. The van der Waals surface area contributed by atoms with Gasteiger partial charge in [-0.3, -0.25) is 19.1 Å². The molecule has 1 fully saturated rings. The minimum atomic E-state index is -4.61. The zero-order valence-corrected chi connectivity index (χ0v) is 19.7. The fourth-order valence-corrected chi connectivity index (χ4v) is 4.67. The van der Waals surface area contributed by atoms with E-state index in [2.05, 4.69) is 10.1 Å². The van der Waals surface area contributed by atoms with E-state index in [0.29, 0.717) is 40.9 Å². The molecule has 4 aromatic rings. The molecule has 0 spiro atoms. The van der Waals surface area contributed by atoms with Gasteiger partial charge in [-0.05, 0) is 43.0 Å². The van der Waals surface area contributed by atoms with Gasteiger partial charge in [-0.1, -0.05) is 12.1 Å². The van der Waals surface area contributed by atoms with Crippen molar-refractivity contribution < 1.29 is 22.7 Å². The molecule has 11 heteroatoms. The van der Waals surface area contributed by atoms with E-state index in [4.69, 9.17) is 4.74 Å². The van der Waals surface area contributed by atoms with Crippen LogP contribution in [0.15, 0.2) is 47.5 Å². The van der Waals surface area contributed by atoms with Crippen molar-refractivity contribution in [2.75, 3.05) is 18.6 Å². The van der Waals surface area contributed by atoms with Crippen molar-refractivity contribution in [3.63, 3.8) is 0 Å². The molecule has 4 heterocycles. The number of amides is 1. The molecule has 0 N–H and O–H groups in total. The van der Waals surface area contributed by atoms with Crippen LogP contribution < -0.4 is 10.5 Å². The highest BCUT2D eigenvalue weighted by Gasteiger charge is 2.31. The van der Waals surface area contributed by atoms with Crippen LogP contribution in [0.5, 0.6) is 0 Å². The predicted molar refractivity (Wildman–Crippen MR) is 129 cm³/mol. The average Bonchev–Trinajstić information content (AvgIpc) is 3.31. The quantitative estimate of drug-likeness (QED) is 0.408. The van der Waals surface area contributed by atoms with E-state index in [1.165, 1.54) is 30.3 Å². The van der Waals surface area contributed by atoms with Crippen LogP contribution >= 0.6 is 0 Å². The minimum Gasteiger partial charge on any atom is -0.356 e. The van der Waals surface area contributed by atoms with Gasteiger partial charge in [0, 0.05) is 37.7 Å². The number of pyridine rings is 2. The molecule has 1 aliphatic rings. The molecule has 8 nitrogen and oxygen atoms in total. The molecule has 0 bridgehead atoms. The zero-order valence-electron chi connectivity index (χ0n) is 19.7. The lowest BCUT2D eigenvalue weighted by Crippen LogP contribution is -2.29. The molecule has 1 amide bonds. The summed E-state index contributed by atoms with van der Waals surface area (Å²) in [4.78, 5) is 31.0. The average molecular weight is 499 g/mol. The number of fused-ring (bicyclic) bond motifs is 3. The summed E-state index contributed by atoms with van der Waals surface area (Å²) in [5, 5.41) is 4.90. The number of anilines is 1. The molecular weight excluding hydrogens is 475 g/mol. The molecule has 5 rings (SSSR count). The second kappa shape index (κ2) is 9.05. The zero-order chi connectivity index (χ0) is 25.6. The maximum atomic E-state index is 13.6. The first-order chi connectivity index (χ1) is 17.2. The summed E-state index contributed by atoms with van der Waals surface area (Å²) in [5.74, 6) is 0.110. The van der Waals surface area contributed by atoms with Gasteiger partial charge in [0.2, 0.25) is 5.91 Å². The Morgan fingerprint density at radius 1 is 1.22 bits per heavy atom. The lowest BCUT2D eigenvalue weighted by Gasteiger charge is -2.24. The van der Waals surface area contributed by atoms with Gasteiger partial charge in [0.25, 0.3) is 5.56 Å². The number of aromatic nitrogens is 4. The first-order valence-electron chi connectivity index (χ1n) is 11.6. The van der Waals surface area contributed by atoms with Crippen molar-refractivity contribution in [2.45, 2.75) is 45.1 Å². The van der Waals surface area contributed by atoms with E-state index < -0.39 is 24.5 Å². The Kier molecular flexibility index (Phi) is 6.03. The highest BCUT2D eigenvalue weighted by molar-refractivity contribution is 6.05. The number of rotatable bonds is 4. The number of carbonyl (C=O) groups excluding carboxylic acids is 1. The second-order valence-electron chi connectivity index (χ2n) is 8.86. The van der Waals surface area contributed by atoms with E-state index in [1.807, 2.05) is 0 Å². The number of halogens is 3. The van der Waals surface area contributed by atoms with Gasteiger partial charge in [-0.15, -0.1) is 0 Å². The maximum absolute atomic E-state index is 13.6. The topological polar surface area (TPSA) is 82.2 Å². The number of ether oxygens (including phenoxy) is 1. The molecule has 0 saturated carbocycles. The summed E-state index contributed by atoms with van der Waals surface area (Å²) >= 11 is 0. The molecular formula is C25H24F3N5O3. The highest BCUT2D eigenvalue weighted by atomic mass is 19.4. The summed E-state index contributed by atoms with van der Waals surface area (Å²) in [6.45, 7) is 0.498. The standard InChI is InChI=1S/C25H24F3N5O3/c1-15(34)31(2)23-17(6-5-10-29-23)16-8-9-18-20(12-16)32(14-25(26,27)28)24(35)19-13-30-33(22(18)19)21-7-3-4-11-36-21/h5-6,8-10,12-13,21H,3-4,7,11,14H2,1-2H3. The number of benzene rings is 1. The number of alkyl halides is 3. The molecule has 1 aliphatic heterocycles. The van der Waals surface area contributed by atoms with Crippen LogP contribution in [-0.2, 0) is 16.1 Å². The lowest BCUT2D eigenvalue weighted by molar-refractivity contribution is -0.140. The normalized spacial score (nSPS) is 16.5. The van der Waals surface area contributed by atoms with Crippen LogP contribution in [0, 0.1) is 0 Å². The SMILES string of the molecule is CC(=O)N(C)c1ncccc1-c1ccc2c3c(cnn3C3CCCCO3)c(=O)n(CC(F)(F)F)c2c1. The Morgan fingerprint density at radius 3 is 2.72 bits per heavy atom. The molecule has 36 heavy (non-hydrogen) atoms. The molecule has 1 saturated heterocycles. The third kappa shape index (κ3) is 4.23. The van der Waals surface area contributed by atoms with Crippen molar-refractivity contribution in [2.24, 2.45) is 0 Å². The number of hydrogen-bond donors (Lipinski definition) is 0. The first kappa shape index (κ1) is 24.0. The van der Waals surface area contributed by atoms with Crippen molar-refractivity contribution in [3.8, 4) is 11.1 Å². The van der Waals surface area contributed by atoms with E-state index in [1.54, 1.807) is 36.0 Å². The van der Waals surface area contributed by atoms with E-state index in [0.717, 1.165) is 17.4 Å². The summed E-state index contributed by atoms with van der Waals surface area (Å²) in [7, 11) is 1.57. The summed E-state index contributed by atoms with van der Waals surface area (Å²) in [6.07, 6.45) is 0.372. The van der Waals surface area contributed by atoms with Gasteiger partial charge in [0.1, 0.15) is 12.4 Å². The van der Waals surface area contributed by atoms with Crippen LogP contribution in [0.1, 0.15) is 32.4 Å². The number of hydrogen-bond acceptors (Lipinski definition) is 5. The fraction of sp³-hybridized carbons (Fsp3) is 0.360. The molecule has 1 aromatic carbocycles. The molecule has 3 aromatic heterocycles. The van der Waals surface area contributed by atoms with E-state index in [-0.39, 0.29) is 16.8 Å². The smallest absolute Gasteiger partial charge is 0.356 e. The molecule has 188 valence electrons. The largest absolute Gasteiger partial charge is 0.406 e. The van der Waals surface area contributed by atoms with Crippen molar-refractivity contribution in [1.29, 1.82) is 0 Å². The Bertz CT molecular complexity index is 1520. The van der Waals surface area contributed by atoms with Gasteiger partial charge >= 0.3 is 6.18 Å². The van der Waals surface area contributed by atoms with E-state index in [9.17, 15) is 22.8 Å². The van der Waals surface area contributed by atoms with Crippen LogP contribution in [0.2, 0.25) is 0 Å². The monoisotopic (exact) mass is 499 g/mol. The molecule has 0 radical (unpaired) electrons. The van der Waals surface area contributed by atoms with Crippen LogP contribution in [0.3, 0.4) is 0 Å². The minimum absolute atomic E-state index is 0.104. The fourth-order valence-electron chi connectivity index (χ4n) is 4.67. The van der Waals surface area contributed by atoms with Crippen molar-refractivity contribution >= 4 is 33.5 Å². The van der Waals surface area contributed by atoms with Gasteiger partial charge in [-0.25, -0.2) is 9.67 Å².